The highest BCUT2D eigenvalue weighted by molar-refractivity contribution is 6.93. The third kappa shape index (κ3) is 4.85. The Labute approximate surface area is 130 Å². The van der Waals surface area contributed by atoms with Crippen LogP contribution in [0, 0.1) is 5.92 Å². The van der Waals surface area contributed by atoms with Crippen molar-refractivity contribution >= 4 is 24.9 Å². The molecule has 128 valence electrons. The summed E-state index contributed by atoms with van der Waals surface area (Å²) >= 11 is 0. The van der Waals surface area contributed by atoms with Gasteiger partial charge in [0.25, 0.3) is 0 Å². The van der Waals surface area contributed by atoms with E-state index < -0.39 is 32.3 Å². The summed E-state index contributed by atoms with van der Waals surface area (Å²) in [4.78, 5) is 11.5. The smallest absolute Gasteiger partial charge is 0.325 e. The van der Waals surface area contributed by atoms with Gasteiger partial charge in [-0.3, -0.25) is 4.79 Å². The number of benzene rings is 1. The molecule has 0 aliphatic heterocycles. The van der Waals surface area contributed by atoms with Gasteiger partial charge in [-0.2, -0.15) is 26.3 Å². The predicted octanol–water partition coefficient (Wildman–Crippen LogP) is 4.01. The fourth-order valence-electron chi connectivity index (χ4n) is 1.81. The molecule has 9 heteroatoms. The summed E-state index contributed by atoms with van der Waals surface area (Å²) in [5, 5.41) is 2.42. The maximum Gasteiger partial charge on any atom is 0.409 e. The summed E-state index contributed by atoms with van der Waals surface area (Å²) in [5.41, 5.74) is 1.59. The lowest BCUT2D eigenvalue weighted by Crippen LogP contribution is -2.45. The van der Waals surface area contributed by atoms with Crippen LogP contribution in [0.5, 0.6) is 0 Å². The molecule has 0 saturated carbocycles. The van der Waals surface area contributed by atoms with Crippen LogP contribution in [0.25, 0.3) is 0 Å². The number of amides is 1. The lowest BCUT2D eigenvalue weighted by molar-refractivity contribution is -0.272. The Hall–Kier alpha value is -1.77. The summed E-state index contributed by atoms with van der Waals surface area (Å²) in [6, 6.07) is 5.75. The van der Waals surface area contributed by atoms with Gasteiger partial charge in [-0.05, 0) is 12.1 Å². The van der Waals surface area contributed by atoms with E-state index >= 15 is 0 Å². The van der Waals surface area contributed by atoms with Gasteiger partial charge >= 0.3 is 12.4 Å². The van der Waals surface area contributed by atoms with E-state index in [4.69, 9.17) is 0 Å². The zero-order valence-corrected chi connectivity index (χ0v) is 13.3. The van der Waals surface area contributed by atoms with E-state index in [-0.39, 0.29) is 5.69 Å². The molecule has 1 N–H and O–H groups in total. The van der Waals surface area contributed by atoms with Gasteiger partial charge in [0.05, 0.1) is 0 Å². The number of alkyl halides is 6. The highest BCUT2D eigenvalue weighted by Crippen LogP contribution is 2.39. The highest BCUT2D eigenvalue weighted by atomic mass is 28.3. The normalized spacial score (nSPS) is 13.1. The van der Waals surface area contributed by atoms with Gasteiger partial charge in [0.15, 0.2) is 0 Å². The largest absolute Gasteiger partial charge is 0.409 e. The first-order chi connectivity index (χ1) is 10.3. The van der Waals surface area contributed by atoms with E-state index in [1.807, 2.05) is 13.1 Å². The number of nitrogens with one attached hydrogen (secondary N) is 1. The summed E-state index contributed by atoms with van der Waals surface area (Å²) in [7, 11) is -2.07. The van der Waals surface area contributed by atoms with Crippen molar-refractivity contribution in [3.63, 3.8) is 0 Å². The van der Waals surface area contributed by atoms with Gasteiger partial charge in [0, 0.05) is 5.69 Å². The van der Waals surface area contributed by atoms with E-state index in [1.54, 1.807) is 17.1 Å². The number of rotatable bonds is 4. The molecule has 2 nitrogen and oxygen atoms in total. The summed E-state index contributed by atoms with van der Waals surface area (Å²) in [6.07, 6.45) is -11.4. The van der Waals surface area contributed by atoms with Crippen molar-refractivity contribution in [1.82, 2.24) is 0 Å². The molecule has 0 heterocycles. The van der Waals surface area contributed by atoms with Crippen LogP contribution in [0.1, 0.15) is 0 Å². The van der Waals surface area contributed by atoms with E-state index in [0.29, 0.717) is 0 Å². The lowest BCUT2D eigenvalue weighted by atomic mass is 10.1. The molecule has 0 spiro atoms. The second-order valence-electron chi connectivity index (χ2n) is 5.51. The van der Waals surface area contributed by atoms with Gasteiger partial charge < -0.3 is 5.32 Å². The molecule has 23 heavy (non-hydrogen) atoms. The van der Waals surface area contributed by atoms with Crippen LogP contribution in [-0.4, -0.2) is 26.3 Å². The molecule has 0 saturated heterocycles. The molecular weight excluding hydrogens is 340 g/mol. The molecule has 1 amide bonds. The number of carbonyl (C=O) groups is 1. The van der Waals surface area contributed by atoms with Gasteiger partial charge in [0.2, 0.25) is 11.8 Å². The minimum atomic E-state index is -5.71. The van der Waals surface area contributed by atoms with Gasteiger partial charge in [-0.25, -0.2) is 0 Å². The second kappa shape index (κ2) is 6.38. The third-order valence-corrected chi connectivity index (χ3v) is 6.12. The van der Waals surface area contributed by atoms with E-state index in [2.05, 4.69) is 6.58 Å². The molecule has 1 aromatic rings. The molecule has 0 aliphatic carbocycles. The molecular formula is C14H15F6NOSi. The lowest BCUT2D eigenvalue weighted by Gasteiger charge is -2.23. The molecule has 0 atom stereocenters. The molecule has 0 bridgehead atoms. The van der Waals surface area contributed by atoms with Gasteiger partial charge in [0.1, 0.15) is 8.07 Å². The number of carbonyl (C=O) groups excluding carboxylic acids is 1. The number of hydrogen-bond acceptors (Lipinski definition) is 1. The Kier molecular flexibility index (Phi) is 5.35. The molecule has 0 radical (unpaired) electrons. The Morgan fingerprint density at radius 3 is 2.13 bits per heavy atom. The molecule has 0 aromatic heterocycles. The average Bonchev–Trinajstić information content (AvgIpc) is 2.35. The van der Waals surface area contributed by atoms with Crippen molar-refractivity contribution in [2.45, 2.75) is 25.4 Å². The molecule has 0 fully saturated rings. The van der Waals surface area contributed by atoms with Crippen molar-refractivity contribution in [3.05, 3.63) is 36.5 Å². The fraction of sp³-hybridized carbons (Fsp3) is 0.357. The SMILES string of the molecule is C=C[Si](C)(C)c1cccc(NC(=O)C(C(F)(F)F)C(F)(F)F)c1. The number of anilines is 1. The number of hydrogen-bond donors (Lipinski definition) is 1. The van der Waals surface area contributed by atoms with Crippen LogP contribution >= 0.6 is 0 Å². The first-order valence-electron chi connectivity index (χ1n) is 6.47. The van der Waals surface area contributed by atoms with Crippen LogP contribution in [0.3, 0.4) is 0 Å². The highest BCUT2D eigenvalue weighted by Gasteiger charge is 2.61. The Morgan fingerprint density at radius 2 is 1.70 bits per heavy atom. The summed E-state index contributed by atoms with van der Waals surface area (Å²) in [5.74, 6) is -6.22. The van der Waals surface area contributed by atoms with Crippen molar-refractivity contribution in [3.8, 4) is 0 Å². The maximum atomic E-state index is 12.5. The summed E-state index contributed by atoms with van der Waals surface area (Å²) < 4.78 is 75.0. The first kappa shape index (κ1) is 19.3. The fourth-order valence-corrected chi connectivity index (χ4v) is 3.10. The van der Waals surface area contributed by atoms with Crippen molar-refractivity contribution in [2.75, 3.05) is 5.32 Å². The van der Waals surface area contributed by atoms with Crippen LogP contribution < -0.4 is 10.5 Å². The zero-order chi connectivity index (χ0) is 18.1. The van der Waals surface area contributed by atoms with Crippen LogP contribution in [0.2, 0.25) is 13.1 Å². The van der Waals surface area contributed by atoms with E-state index in [9.17, 15) is 31.1 Å². The minimum absolute atomic E-state index is 0.117. The van der Waals surface area contributed by atoms with Crippen molar-refractivity contribution in [2.24, 2.45) is 5.92 Å². The second-order valence-corrected chi connectivity index (χ2v) is 9.94. The number of halogens is 6. The topological polar surface area (TPSA) is 29.1 Å². The Balaban J connectivity index is 3.10. The van der Waals surface area contributed by atoms with Crippen LogP contribution in [0.15, 0.2) is 36.5 Å². The average molecular weight is 355 g/mol. The van der Waals surface area contributed by atoms with E-state index in [1.165, 1.54) is 18.2 Å². The Morgan fingerprint density at radius 1 is 1.17 bits per heavy atom. The molecule has 1 aromatic carbocycles. The van der Waals surface area contributed by atoms with Gasteiger partial charge in [-0.1, -0.05) is 36.1 Å². The van der Waals surface area contributed by atoms with E-state index in [0.717, 1.165) is 5.19 Å². The quantitative estimate of drug-likeness (QED) is 0.642. The summed E-state index contributed by atoms with van der Waals surface area (Å²) in [6.45, 7) is 7.46. The van der Waals surface area contributed by atoms with Crippen LogP contribution in [0.4, 0.5) is 32.0 Å². The third-order valence-electron chi connectivity index (χ3n) is 3.30. The van der Waals surface area contributed by atoms with Crippen LogP contribution in [-0.2, 0) is 4.79 Å². The zero-order valence-electron chi connectivity index (χ0n) is 12.3. The molecule has 0 unspecified atom stereocenters. The molecule has 0 aliphatic rings. The predicted molar refractivity (Wildman–Crippen MR) is 78.0 cm³/mol. The standard InChI is InChI=1S/C14H15F6NOSi/c1-4-23(2,3)10-7-5-6-9(8-10)21-12(22)11(13(15,16)17)14(18,19)20/h4-8,11H,1H2,2-3H3,(H,21,22). The van der Waals surface area contributed by atoms with Gasteiger partial charge in [-0.15, -0.1) is 6.58 Å². The minimum Gasteiger partial charge on any atom is -0.325 e. The van der Waals surface area contributed by atoms with Crippen molar-refractivity contribution < 1.29 is 31.1 Å². The monoisotopic (exact) mass is 355 g/mol. The Bertz CT molecular complexity index is 580. The first-order valence-corrected chi connectivity index (χ1v) is 9.55. The maximum absolute atomic E-state index is 12.5. The van der Waals surface area contributed by atoms with Crippen molar-refractivity contribution in [1.29, 1.82) is 0 Å². The molecule has 1 rings (SSSR count).